The summed E-state index contributed by atoms with van der Waals surface area (Å²) in [6, 6.07) is 18.8. The van der Waals surface area contributed by atoms with Crippen molar-refractivity contribution in [2.24, 2.45) is 10.8 Å². The first-order chi connectivity index (χ1) is 20.7. The quantitative estimate of drug-likeness (QED) is 0.130. The van der Waals surface area contributed by atoms with Gasteiger partial charge < -0.3 is 24.3 Å². The standard InChI is InChI=1S/C32H45NO10S/c1-25(34)33-17-12-20-44(37,38)43-24-31(2,3)28(42-22-27-15-10-7-11-16-27)29(35)40-18-19-41-30(36)32(4,5)23-39-21-26-13-8-6-9-14-26/h6-11,13-16,28H,12,17-24H2,1-5H3,(H,33,34)/t28-/m0/s1. The van der Waals surface area contributed by atoms with Crippen molar-refractivity contribution < 1.29 is 45.9 Å². The van der Waals surface area contributed by atoms with Crippen molar-refractivity contribution in [3.05, 3.63) is 71.8 Å². The van der Waals surface area contributed by atoms with E-state index in [2.05, 4.69) is 5.32 Å². The zero-order valence-corrected chi connectivity index (χ0v) is 27.0. The predicted molar refractivity (Wildman–Crippen MR) is 164 cm³/mol. The number of carbonyl (C=O) groups is 3. The molecule has 0 aliphatic heterocycles. The highest BCUT2D eigenvalue weighted by molar-refractivity contribution is 7.86. The summed E-state index contributed by atoms with van der Waals surface area (Å²) in [5, 5.41) is 2.53. The van der Waals surface area contributed by atoms with Crippen molar-refractivity contribution in [2.75, 3.05) is 38.7 Å². The number of benzene rings is 2. The van der Waals surface area contributed by atoms with Gasteiger partial charge in [-0.2, -0.15) is 8.42 Å². The van der Waals surface area contributed by atoms with E-state index in [1.54, 1.807) is 27.7 Å². The van der Waals surface area contributed by atoms with Gasteiger partial charge in [-0.15, -0.1) is 0 Å². The van der Waals surface area contributed by atoms with E-state index >= 15 is 0 Å². The highest BCUT2D eigenvalue weighted by Crippen LogP contribution is 2.27. The van der Waals surface area contributed by atoms with Crippen LogP contribution in [0.3, 0.4) is 0 Å². The molecule has 12 heteroatoms. The van der Waals surface area contributed by atoms with Gasteiger partial charge in [0.2, 0.25) is 5.91 Å². The molecule has 0 aliphatic carbocycles. The molecule has 11 nitrogen and oxygen atoms in total. The normalized spacial score (nSPS) is 12.8. The van der Waals surface area contributed by atoms with E-state index in [4.69, 9.17) is 23.1 Å². The second kappa shape index (κ2) is 17.8. The lowest BCUT2D eigenvalue weighted by atomic mass is 9.87. The fourth-order valence-electron chi connectivity index (χ4n) is 3.86. The average Bonchev–Trinajstić information content (AvgIpc) is 2.97. The third-order valence-electron chi connectivity index (χ3n) is 6.43. The first kappa shape index (κ1) is 36.9. The van der Waals surface area contributed by atoms with Gasteiger partial charge >= 0.3 is 11.9 Å². The second-order valence-corrected chi connectivity index (χ2v) is 13.5. The average molecular weight is 636 g/mol. The molecular weight excluding hydrogens is 590 g/mol. The molecule has 0 aliphatic rings. The van der Waals surface area contributed by atoms with Crippen LogP contribution in [0.15, 0.2) is 60.7 Å². The number of nitrogens with one attached hydrogen (secondary N) is 1. The number of amides is 1. The van der Waals surface area contributed by atoms with Crippen molar-refractivity contribution >= 4 is 28.0 Å². The molecule has 0 radical (unpaired) electrons. The van der Waals surface area contributed by atoms with Crippen LogP contribution >= 0.6 is 0 Å². The minimum Gasteiger partial charge on any atom is -0.462 e. The van der Waals surface area contributed by atoms with Crippen LogP contribution in [-0.4, -0.2) is 71.1 Å². The van der Waals surface area contributed by atoms with Crippen LogP contribution in [0.5, 0.6) is 0 Å². The summed E-state index contributed by atoms with van der Waals surface area (Å²) in [6.45, 7) is 8.02. The third-order valence-corrected chi connectivity index (χ3v) is 7.69. The molecule has 2 aromatic carbocycles. The smallest absolute Gasteiger partial charge is 0.336 e. The fourth-order valence-corrected chi connectivity index (χ4v) is 4.96. The Morgan fingerprint density at radius 3 is 1.98 bits per heavy atom. The Hall–Kier alpha value is -3.32. The molecule has 2 rings (SSSR count). The zero-order valence-electron chi connectivity index (χ0n) is 26.2. The molecule has 0 fully saturated rings. The zero-order chi connectivity index (χ0) is 32.6. The van der Waals surface area contributed by atoms with Crippen LogP contribution in [0.2, 0.25) is 0 Å². The predicted octanol–water partition coefficient (Wildman–Crippen LogP) is 3.80. The SMILES string of the molecule is CC(=O)NCCCS(=O)(=O)OCC(C)(C)[C@@H](OCc1ccccc1)C(=O)OCCOC(=O)C(C)(C)COCc1ccccc1. The number of ether oxygens (including phenoxy) is 4. The molecule has 1 amide bonds. The molecule has 0 spiro atoms. The highest BCUT2D eigenvalue weighted by atomic mass is 32.2. The minimum absolute atomic E-state index is 0.0691. The van der Waals surface area contributed by atoms with Gasteiger partial charge in [0, 0.05) is 18.9 Å². The van der Waals surface area contributed by atoms with Crippen LogP contribution in [0.4, 0.5) is 0 Å². The van der Waals surface area contributed by atoms with Crippen molar-refractivity contribution in [1.29, 1.82) is 0 Å². The number of hydrogen-bond acceptors (Lipinski definition) is 10. The molecule has 0 heterocycles. The maximum Gasteiger partial charge on any atom is 0.336 e. The molecule has 0 saturated carbocycles. The van der Waals surface area contributed by atoms with Gasteiger partial charge in [-0.3, -0.25) is 13.8 Å². The molecule has 244 valence electrons. The van der Waals surface area contributed by atoms with E-state index in [9.17, 15) is 22.8 Å². The van der Waals surface area contributed by atoms with E-state index < -0.39 is 39.0 Å². The maximum atomic E-state index is 13.2. The van der Waals surface area contributed by atoms with E-state index in [1.807, 2.05) is 60.7 Å². The van der Waals surface area contributed by atoms with Gasteiger partial charge in [0.1, 0.15) is 13.2 Å². The minimum atomic E-state index is -3.93. The van der Waals surface area contributed by atoms with Crippen LogP contribution in [-0.2, 0) is 60.8 Å². The summed E-state index contributed by atoms with van der Waals surface area (Å²) >= 11 is 0. The number of carbonyl (C=O) groups excluding carboxylic acids is 3. The molecule has 0 saturated heterocycles. The molecule has 0 unspecified atom stereocenters. The first-order valence-electron chi connectivity index (χ1n) is 14.4. The molecule has 44 heavy (non-hydrogen) atoms. The summed E-state index contributed by atoms with van der Waals surface area (Å²) in [7, 11) is -3.93. The summed E-state index contributed by atoms with van der Waals surface area (Å²) in [5.74, 6) is -1.81. The van der Waals surface area contributed by atoms with Gasteiger partial charge in [0.05, 0.1) is 37.6 Å². The van der Waals surface area contributed by atoms with Crippen molar-refractivity contribution in [3.8, 4) is 0 Å². The van der Waals surface area contributed by atoms with Crippen LogP contribution in [0.25, 0.3) is 0 Å². The highest BCUT2D eigenvalue weighted by Gasteiger charge is 2.39. The number of esters is 2. The van der Waals surface area contributed by atoms with Crippen LogP contribution in [0.1, 0.15) is 52.2 Å². The Bertz CT molecular complexity index is 1280. The topological polar surface area (TPSA) is 144 Å². The Labute approximate surface area is 260 Å². The van der Waals surface area contributed by atoms with Crippen molar-refractivity contribution in [3.63, 3.8) is 0 Å². The fraction of sp³-hybridized carbons (Fsp3) is 0.531. The van der Waals surface area contributed by atoms with Gasteiger partial charge in [-0.05, 0) is 31.4 Å². The molecule has 0 aromatic heterocycles. The third kappa shape index (κ3) is 14.0. The van der Waals surface area contributed by atoms with Crippen LogP contribution in [0, 0.1) is 10.8 Å². The Kier molecular flexibility index (Phi) is 15.0. The molecular formula is C32H45NO10S. The maximum absolute atomic E-state index is 13.2. The lowest BCUT2D eigenvalue weighted by Crippen LogP contribution is -2.44. The van der Waals surface area contributed by atoms with E-state index in [-0.39, 0.29) is 57.7 Å². The summed E-state index contributed by atoms with van der Waals surface area (Å²) in [4.78, 5) is 36.8. The van der Waals surface area contributed by atoms with Crippen molar-refractivity contribution in [1.82, 2.24) is 5.32 Å². The largest absolute Gasteiger partial charge is 0.462 e. The van der Waals surface area contributed by atoms with Gasteiger partial charge in [0.15, 0.2) is 6.10 Å². The lowest BCUT2D eigenvalue weighted by molar-refractivity contribution is -0.173. The molecule has 2 aromatic rings. The van der Waals surface area contributed by atoms with E-state index in [0.717, 1.165) is 11.1 Å². The lowest BCUT2D eigenvalue weighted by Gasteiger charge is -2.32. The molecule has 0 bridgehead atoms. The summed E-state index contributed by atoms with van der Waals surface area (Å²) < 4.78 is 52.5. The Morgan fingerprint density at radius 2 is 1.39 bits per heavy atom. The summed E-state index contributed by atoms with van der Waals surface area (Å²) in [6.07, 6.45) is -1.02. The van der Waals surface area contributed by atoms with Crippen molar-refractivity contribution in [2.45, 2.75) is 60.4 Å². The molecule has 1 N–H and O–H groups in total. The summed E-state index contributed by atoms with van der Waals surface area (Å²) in [5.41, 5.74) is -0.253. The number of rotatable bonds is 20. The molecule has 1 atom stereocenters. The first-order valence-corrected chi connectivity index (χ1v) is 16.0. The number of hydrogen-bond donors (Lipinski definition) is 1. The van der Waals surface area contributed by atoms with Gasteiger partial charge in [-0.1, -0.05) is 74.5 Å². The van der Waals surface area contributed by atoms with Crippen LogP contribution < -0.4 is 5.32 Å². The Morgan fingerprint density at radius 1 is 0.818 bits per heavy atom. The van der Waals surface area contributed by atoms with Gasteiger partial charge in [0.25, 0.3) is 10.1 Å². The van der Waals surface area contributed by atoms with E-state index in [1.165, 1.54) is 6.92 Å². The second-order valence-electron chi connectivity index (χ2n) is 11.7. The van der Waals surface area contributed by atoms with Gasteiger partial charge in [-0.25, -0.2) is 4.79 Å². The monoisotopic (exact) mass is 635 g/mol. The Balaban J connectivity index is 1.91. The van der Waals surface area contributed by atoms with E-state index in [0.29, 0.717) is 6.61 Å².